The lowest BCUT2D eigenvalue weighted by Gasteiger charge is -2.25. The van der Waals surface area contributed by atoms with E-state index in [1.54, 1.807) is 12.1 Å². The zero-order chi connectivity index (χ0) is 13.2. The zero-order valence-corrected chi connectivity index (χ0v) is 9.76. The van der Waals surface area contributed by atoms with Crippen LogP contribution in [0.25, 0.3) is 0 Å². The summed E-state index contributed by atoms with van der Waals surface area (Å²) in [7, 11) is 0. The molecule has 1 atom stereocenters. The van der Waals surface area contributed by atoms with Gasteiger partial charge in [-0.25, -0.2) is 4.68 Å². The number of tetrazole rings is 1. The van der Waals surface area contributed by atoms with Gasteiger partial charge in [0.2, 0.25) is 0 Å². The van der Waals surface area contributed by atoms with Gasteiger partial charge >= 0.3 is 5.97 Å². The summed E-state index contributed by atoms with van der Waals surface area (Å²) in [4.78, 5) is 10.7. The number of aliphatic carboxylic acids is 1. The monoisotopic (exact) mass is 262 g/mol. The first-order chi connectivity index (χ1) is 9.24. The lowest BCUT2D eigenvalue weighted by Crippen LogP contribution is -2.26. The van der Waals surface area contributed by atoms with Gasteiger partial charge in [0.25, 0.3) is 0 Å². The van der Waals surface area contributed by atoms with Crippen molar-refractivity contribution in [2.75, 3.05) is 6.61 Å². The number of nitrogens with zero attached hydrogens (tertiary/aromatic N) is 4. The molecule has 0 aliphatic carbocycles. The van der Waals surface area contributed by atoms with E-state index in [4.69, 9.17) is 14.6 Å². The summed E-state index contributed by atoms with van der Waals surface area (Å²) in [6.45, 7) is -0.0825. The molecular weight excluding hydrogens is 252 g/mol. The van der Waals surface area contributed by atoms with Gasteiger partial charge in [0.05, 0.1) is 0 Å². The Morgan fingerprint density at radius 2 is 2.21 bits per heavy atom. The molecule has 0 spiro atoms. The van der Waals surface area contributed by atoms with Gasteiger partial charge in [-0.2, -0.15) is 0 Å². The maximum atomic E-state index is 10.7. The zero-order valence-electron chi connectivity index (χ0n) is 9.76. The molecule has 19 heavy (non-hydrogen) atoms. The Bertz CT molecular complexity index is 612. The first-order valence-electron chi connectivity index (χ1n) is 5.60. The number of rotatable bonds is 3. The van der Waals surface area contributed by atoms with Crippen molar-refractivity contribution in [2.24, 2.45) is 0 Å². The fraction of sp³-hybridized carbons (Fsp3) is 0.273. The molecule has 0 bridgehead atoms. The van der Waals surface area contributed by atoms with Gasteiger partial charge in [-0.05, 0) is 22.6 Å². The van der Waals surface area contributed by atoms with Crippen LogP contribution in [0.2, 0.25) is 0 Å². The molecule has 2 heterocycles. The van der Waals surface area contributed by atoms with Crippen molar-refractivity contribution in [1.82, 2.24) is 20.2 Å². The number of carboxylic acids is 1. The van der Waals surface area contributed by atoms with Crippen LogP contribution in [-0.4, -0.2) is 37.9 Å². The van der Waals surface area contributed by atoms with Crippen molar-refractivity contribution < 1.29 is 19.4 Å². The van der Waals surface area contributed by atoms with Crippen molar-refractivity contribution in [3.05, 3.63) is 30.1 Å². The Balaban J connectivity index is 1.85. The van der Waals surface area contributed by atoms with Crippen molar-refractivity contribution in [3.8, 4) is 11.5 Å². The summed E-state index contributed by atoms with van der Waals surface area (Å²) in [6.07, 6.45) is -0.524. The summed E-state index contributed by atoms with van der Waals surface area (Å²) < 4.78 is 12.4. The van der Waals surface area contributed by atoms with Crippen LogP contribution in [0.4, 0.5) is 0 Å². The minimum Gasteiger partial charge on any atom is -0.485 e. The molecule has 0 fully saturated rings. The number of fused-ring (bicyclic) bond motifs is 1. The largest absolute Gasteiger partial charge is 0.485 e. The highest BCUT2D eigenvalue weighted by atomic mass is 16.6. The fourth-order valence-corrected chi connectivity index (χ4v) is 1.83. The van der Waals surface area contributed by atoms with Gasteiger partial charge in [-0.3, -0.25) is 4.79 Å². The third-order valence-corrected chi connectivity index (χ3v) is 2.64. The third kappa shape index (κ3) is 2.19. The van der Waals surface area contributed by atoms with E-state index in [-0.39, 0.29) is 13.2 Å². The standard InChI is InChI=1S/C11H10N4O4/c16-10(17)5-15-11(12-13-14-15)9-6-18-7-3-1-2-4-8(7)19-9/h1-4,9H,5-6H2,(H,16,17). The van der Waals surface area contributed by atoms with Gasteiger partial charge in [0, 0.05) is 0 Å². The van der Waals surface area contributed by atoms with E-state index < -0.39 is 12.1 Å². The lowest BCUT2D eigenvalue weighted by molar-refractivity contribution is -0.138. The minimum atomic E-state index is -1.02. The topological polar surface area (TPSA) is 99.4 Å². The molecule has 0 radical (unpaired) electrons. The molecule has 0 saturated carbocycles. The fourth-order valence-electron chi connectivity index (χ4n) is 1.83. The summed E-state index contributed by atoms with van der Waals surface area (Å²) in [5.74, 6) is 0.544. The predicted molar refractivity (Wildman–Crippen MR) is 60.8 cm³/mol. The molecule has 2 aromatic rings. The number of para-hydroxylation sites is 2. The van der Waals surface area contributed by atoms with Gasteiger partial charge in [0.15, 0.2) is 23.4 Å². The van der Waals surface area contributed by atoms with Gasteiger partial charge in [-0.1, -0.05) is 12.1 Å². The van der Waals surface area contributed by atoms with Crippen LogP contribution in [-0.2, 0) is 11.3 Å². The average Bonchev–Trinajstić information content (AvgIpc) is 2.85. The molecule has 1 aromatic carbocycles. The molecule has 0 amide bonds. The Hall–Kier alpha value is -2.64. The number of hydrogen-bond donors (Lipinski definition) is 1. The van der Waals surface area contributed by atoms with Crippen molar-refractivity contribution in [1.29, 1.82) is 0 Å². The van der Waals surface area contributed by atoms with E-state index in [0.29, 0.717) is 17.3 Å². The van der Waals surface area contributed by atoms with Crippen LogP contribution in [0, 0.1) is 0 Å². The molecule has 1 N–H and O–H groups in total. The highest BCUT2D eigenvalue weighted by Crippen LogP contribution is 2.35. The second kappa shape index (κ2) is 4.56. The quantitative estimate of drug-likeness (QED) is 0.847. The Kier molecular flexibility index (Phi) is 2.75. The highest BCUT2D eigenvalue weighted by molar-refractivity contribution is 5.66. The first kappa shape index (κ1) is 11.5. The molecule has 98 valence electrons. The lowest BCUT2D eigenvalue weighted by atomic mass is 10.2. The van der Waals surface area contributed by atoms with Crippen molar-refractivity contribution in [3.63, 3.8) is 0 Å². The van der Waals surface area contributed by atoms with Crippen molar-refractivity contribution >= 4 is 5.97 Å². The van der Waals surface area contributed by atoms with E-state index in [0.717, 1.165) is 0 Å². The number of carbonyl (C=O) groups is 1. The summed E-state index contributed by atoms with van der Waals surface area (Å²) in [6, 6.07) is 7.24. The van der Waals surface area contributed by atoms with Crippen LogP contribution in [0.1, 0.15) is 11.9 Å². The maximum Gasteiger partial charge on any atom is 0.325 e. The number of hydrogen-bond acceptors (Lipinski definition) is 6. The van der Waals surface area contributed by atoms with E-state index >= 15 is 0 Å². The summed E-state index contributed by atoms with van der Waals surface area (Å²) >= 11 is 0. The molecule has 1 aromatic heterocycles. The highest BCUT2D eigenvalue weighted by Gasteiger charge is 2.27. The molecule has 1 aliphatic rings. The molecule has 1 unspecified atom stereocenters. The smallest absolute Gasteiger partial charge is 0.325 e. The van der Waals surface area contributed by atoms with Gasteiger partial charge < -0.3 is 14.6 Å². The maximum absolute atomic E-state index is 10.7. The van der Waals surface area contributed by atoms with Crippen LogP contribution >= 0.6 is 0 Å². The number of carboxylic acid groups (broad SMARTS) is 1. The van der Waals surface area contributed by atoms with Crippen LogP contribution in [0.15, 0.2) is 24.3 Å². The second-order valence-corrected chi connectivity index (χ2v) is 3.95. The minimum absolute atomic E-state index is 0.233. The number of benzene rings is 1. The Morgan fingerprint density at radius 1 is 1.42 bits per heavy atom. The third-order valence-electron chi connectivity index (χ3n) is 2.64. The van der Waals surface area contributed by atoms with Gasteiger partial charge in [-0.15, -0.1) is 5.10 Å². The normalized spacial score (nSPS) is 17.2. The number of ether oxygens (including phenoxy) is 2. The molecule has 8 heteroatoms. The van der Waals surface area contributed by atoms with E-state index in [1.807, 2.05) is 12.1 Å². The SMILES string of the molecule is O=C(O)Cn1nnnc1C1COc2ccccc2O1. The predicted octanol–water partition coefficient (Wildman–Crippen LogP) is 0.270. The second-order valence-electron chi connectivity index (χ2n) is 3.95. The van der Waals surface area contributed by atoms with E-state index in [2.05, 4.69) is 15.5 Å². The molecule has 1 aliphatic heterocycles. The first-order valence-corrected chi connectivity index (χ1v) is 5.60. The summed E-state index contributed by atoms with van der Waals surface area (Å²) in [5, 5.41) is 19.7. The van der Waals surface area contributed by atoms with Gasteiger partial charge in [0.1, 0.15) is 13.2 Å². The summed E-state index contributed by atoms with van der Waals surface area (Å²) in [5.41, 5.74) is 0. The van der Waals surface area contributed by atoms with Crippen molar-refractivity contribution in [2.45, 2.75) is 12.6 Å². The number of aromatic nitrogens is 4. The van der Waals surface area contributed by atoms with E-state index in [9.17, 15) is 4.79 Å². The van der Waals surface area contributed by atoms with E-state index in [1.165, 1.54) is 4.68 Å². The Labute approximate surface area is 107 Å². The molecule has 0 saturated heterocycles. The average molecular weight is 262 g/mol. The van der Waals surface area contributed by atoms with Crippen LogP contribution in [0.3, 0.4) is 0 Å². The van der Waals surface area contributed by atoms with Crippen LogP contribution < -0.4 is 9.47 Å². The molecule has 3 rings (SSSR count). The Morgan fingerprint density at radius 3 is 3.00 bits per heavy atom. The van der Waals surface area contributed by atoms with Crippen LogP contribution in [0.5, 0.6) is 11.5 Å². The molecular formula is C11H10N4O4. The molecule has 8 nitrogen and oxygen atoms in total.